The van der Waals surface area contributed by atoms with Gasteiger partial charge in [-0.15, -0.1) is 0 Å². The van der Waals surface area contributed by atoms with E-state index in [0.29, 0.717) is 22.8 Å². The van der Waals surface area contributed by atoms with E-state index >= 15 is 0 Å². The molecular weight excluding hydrogens is 521 g/mol. The van der Waals surface area contributed by atoms with Crippen LogP contribution in [0.15, 0.2) is 82.8 Å². The molecule has 0 aromatic heterocycles. The number of aliphatic imine (C=N–C) groups is 2. The smallest absolute Gasteiger partial charge is 0.259 e. The lowest BCUT2D eigenvalue weighted by molar-refractivity contribution is -0.128. The second kappa shape index (κ2) is 11.5. The first-order valence-electron chi connectivity index (χ1n) is 12.1. The average molecular weight is 546 g/mol. The number of ether oxygens (including phenoxy) is 1. The fourth-order valence-electron chi connectivity index (χ4n) is 4.20. The van der Waals surface area contributed by atoms with Crippen molar-refractivity contribution in [2.75, 3.05) is 18.2 Å². The van der Waals surface area contributed by atoms with Gasteiger partial charge in [-0.3, -0.25) is 19.4 Å². The Bertz CT molecular complexity index is 1510. The summed E-state index contributed by atoms with van der Waals surface area (Å²) in [6.07, 6.45) is -0.151. The van der Waals surface area contributed by atoms with E-state index in [4.69, 9.17) is 4.74 Å². The van der Waals surface area contributed by atoms with Crippen LogP contribution in [0.5, 0.6) is 5.75 Å². The monoisotopic (exact) mass is 545 g/mol. The van der Waals surface area contributed by atoms with Gasteiger partial charge >= 0.3 is 0 Å². The predicted octanol–water partition coefficient (Wildman–Crippen LogP) is 3.87. The number of nitrogens with zero attached hydrogens (tertiary/aromatic N) is 3. The minimum atomic E-state index is -0.943. The SMILES string of the molecule is COc1ccccc1CNC(=O)C[C@H]1N=C2c3ccccc3N=C(SCC(=O)Nc3ccccc3F)N2C1=O. The van der Waals surface area contributed by atoms with Crippen LogP contribution in [-0.4, -0.2) is 52.5 Å². The van der Waals surface area contributed by atoms with E-state index in [1.807, 2.05) is 30.3 Å². The zero-order valence-corrected chi connectivity index (χ0v) is 21.7. The lowest BCUT2D eigenvalue weighted by atomic mass is 10.1. The minimum absolute atomic E-state index is 0.0673. The van der Waals surface area contributed by atoms with E-state index in [0.717, 1.165) is 17.3 Å². The number of amidine groups is 2. The van der Waals surface area contributed by atoms with Crippen LogP contribution in [0.4, 0.5) is 15.8 Å². The standard InChI is InChI=1S/C28H24FN5O4S/c1-38-23-13-7-2-8-17(23)15-30-24(35)14-22-27(37)34-26(32-22)18-9-3-5-11-20(18)33-28(34)39-16-25(36)31-21-12-6-4-10-19(21)29/h2-13,22H,14-16H2,1H3,(H,30,35)(H,31,36)/t22-/m1/s1. The van der Waals surface area contributed by atoms with Gasteiger partial charge in [0.2, 0.25) is 11.8 Å². The Morgan fingerprint density at radius 1 is 1.03 bits per heavy atom. The first kappa shape index (κ1) is 26.1. The lowest BCUT2D eigenvalue weighted by Crippen LogP contribution is -2.42. The van der Waals surface area contributed by atoms with Crippen LogP contribution in [0.2, 0.25) is 0 Å². The largest absolute Gasteiger partial charge is 0.496 e. The van der Waals surface area contributed by atoms with Crippen molar-refractivity contribution >= 4 is 51.9 Å². The van der Waals surface area contributed by atoms with Crippen molar-refractivity contribution in [1.82, 2.24) is 10.2 Å². The van der Waals surface area contributed by atoms with E-state index in [2.05, 4.69) is 20.6 Å². The molecule has 3 aromatic carbocycles. The molecule has 3 amide bonds. The highest BCUT2D eigenvalue weighted by molar-refractivity contribution is 8.14. The third kappa shape index (κ3) is 5.68. The number of fused-ring (bicyclic) bond motifs is 3. The van der Waals surface area contributed by atoms with Crippen molar-refractivity contribution in [1.29, 1.82) is 0 Å². The molecule has 2 N–H and O–H groups in total. The van der Waals surface area contributed by atoms with E-state index in [9.17, 15) is 18.8 Å². The van der Waals surface area contributed by atoms with Crippen LogP contribution in [-0.2, 0) is 20.9 Å². The van der Waals surface area contributed by atoms with Gasteiger partial charge in [0.1, 0.15) is 23.4 Å². The molecule has 39 heavy (non-hydrogen) atoms. The van der Waals surface area contributed by atoms with Crippen LogP contribution in [0.1, 0.15) is 17.5 Å². The Morgan fingerprint density at radius 2 is 1.77 bits per heavy atom. The van der Waals surface area contributed by atoms with Crippen molar-refractivity contribution in [3.05, 3.63) is 89.7 Å². The summed E-state index contributed by atoms with van der Waals surface area (Å²) in [5.74, 6) is -0.832. The molecule has 3 aromatic rings. The van der Waals surface area contributed by atoms with E-state index in [1.54, 1.807) is 31.4 Å². The summed E-state index contributed by atoms with van der Waals surface area (Å²) in [6, 6.07) is 19.5. The number of thioether (sulfide) groups is 1. The van der Waals surface area contributed by atoms with Crippen LogP contribution in [0, 0.1) is 5.82 Å². The molecular formula is C28H24FN5O4S. The number of rotatable bonds is 8. The molecule has 2 aliphatic heterocycles. The van der Waals surface area contributed by atoms with Crippen molar-refractivity contribution in [3.8, 4) is 5.75 Å². The van der Waals surface area contributed by atoms with Gasteiger partial charge in [0.15, 0.2) is 5.17 Å². The maximum Gasteiger partial charge on any atom is 0.259 e. The molecule has 0 saturated carbocycles. The van der Waals surface area contributed by atoms with Crippen molar-refractivity contribution in [2.24, 2.45) is 9.98 Å². The van der Waals surface area contributed by atoms with Crippen molar-refractivity contribution < 1.29 is 23.5 Å². The molecule has 5 rings (SSSR count). The highest BCUT2D eigenvalue weighted by atomic mass is 32.2. The molecule has 0 fully saturated rings. The van der Waals surface area contributed by atoms with Gasteiger partial charge in [-0.1, -0.05) is 54.2 Å². The number of nitrogens with one attached hydrogen (secondary N) is 2. The zero-order valence-electron chi connectivity index (χ0n) is 20.9. The minimum Gasteiger partial charge on any atom is -0.496 e. The first-order valence-corrected chi connectivity index (χ1v) is 13.1. The topological polar surface area (TPSA) is 112 Å². The summed E-state index contributed by atoms with van der Waals surface area (Å²) in [7, 11) is 1.56. The maximum absolute atomic E-state index is 13.9. The number of anilines is 1. The molecule has 11 heteroatoms. The van der Waals surface area contributed by atoms with Gasteiger partial charge in [0.05, 0.1) is 30.7 Å². The molecule has 1 atom stereocenters. The highest BCUT2D eigenvalue weighted by Crippen LogP contribution is 2.34. The molecule has 0 spiro atoms. The van der Waals surface area contributed by atoms with Crippen LogP contribution in [0.3, 0.4) is 0 Å². The Hall–Kier alpha value is -4.51. The Balaban J connectivity index is 1.28. The van der Waals surface area contributed by atoms with Gasteiger partial charge in [-0.2, -0.15) is 0 Å². The molecule has 0 bridgehead atoms. The van der Waals surface area contributed by atoms with Crippen LogP contribution >= 0.6 is 11.8 Å². The van der Waals surface area contributed by atoms with Crippen molar-refractivity contribution in [3.63, 3.8) is 0 Å². The summed E-state index contributed by atoms with van der Waals surface area (Å²) in [5, 5.41) is 5.61. The van der Waals surface area contributed by atoms with Crippen LogP contribution < -0.4 is 15.4 Å². The summed E-state index contributed by atoms with van der Waals surface area (Å²) < 4.78 is 19.2. The van der Waals surface area contributed by atoms with Gasteiger partial charge in [-0.25, -0.2) is 14.3 Å². The summed E-state index contributed by atoms with van der Waals surface area (Å²) in [5.41, 5.74) is 2.13. The van der Waals surface area contributed by atoms with E-state index < -0.39 is 23.7 Å². The summed E-state index contributed by atoms with van der Waals surface area (Å²) >= 11 is 1.03. The summed E-state index contributed by atoms with van der Waals surface area (Å²) in [6.45, 7) is 0.243. The fourth-order valence-corrected chi connectivity index (χ4v) is 5.00. The third-order valence-corrected chi connectivity index (χ3v) is 7.01. The molecule has 2 heterocycles. The number of para-hydroxylation sites is 3. The normalized spacial score (nSPS) is 15.6. The van der Waals surface area contributed by atoms with E-state index in [1.165, 1.54) is 23.1 Å². The number of carbonyl (C=O) groups excluding carboxylic acids is 3. The van der Waals surface area contributed by atoms with Gasteiger partial charge in [-0.05, 0) is 30.3 Å². The number of benzene rings is 3. The number of carbonyl (C=O) groups is 3. The summed E-state index contributed by atoms with van der Waals surface area (Å²) in [4.78, 5) is 49.2. The van der Waals surface area contributed by atoms with Crippen LogP contribution in [0.25, 0.3) is 0 Å². The van der Waals surface area contributed by atoms with Gasteiger partial charge in [0.25, 0.3) is 5.91 Å². The van der Waals surface area contributed by atoms with E-state index in [-0.39, 0.29) is 35.5 Å². The van der Waals surface area contributed by atoms with Gasteiger partial charge < -0.3 is 15.4 Å². The number of hydrogen-bond donors (Lipinski definition) is 2. The molecule has 0 radical (unpaired) electrons. The quantitative estimate of drug-likeness (QED) is 0.446. The fraction of sp³-hybridized carbons (Fsp3) is 0.179. The second-order valence-electron chi connectivity index (χ2n) is 8.66. The number of methoxy groups -OCH3 is 1. The third-order valence-electron chi connectivity index (χ3n) is 6.08. The lowest BCUT2D eigenvalue weighted by Gasteiger charge is -2.25. The molecule has 0 saturated heterocycles. The Kier molecular flexibility index (Phi) is 7.69. The first-order chi connectivity index (χ1) is 18.9. The average Bonchev–Trinajstić information content (AvgIpc) is 3.28. The second-order valence-corrected chi connectivity index (χ2v) is 9.61. The molecule has 0 unspecified atom stereocenters. The maximum atomic E-state index is 13.9. The van der Waals surface area contributed by atoms with Gasteiger partial charge in [0, 0.05) is 17.7 Å². The number of hydrogen-bond acceptors (Lipinski definition) is 7. The van der Waals surface area contributed by atoms with Crippen molar-refractivity contribution in [2.45, 2.75) is 19.0 Å². The molecule has 2 aliphatic rings. The molecule has 0 aliphatic carbocycles. The number of amides is 3. The predicted molar refractivity (Wildman–Crippen MR) is 148 cm³/mol. The molecule has 9 nitrogen and oxygen atoms in total. The highest BCUT2D eigenvalue weighted by Gasteiger charge is 2.42. The Labute approximate surface area is 228 Å². The number of halogens is 1. The Morgan fingerprint density at radius 3 is 2.59 bits per heavy atom. The molecule has 198 valence electrons. The zero-order chi connectivity index (χ0) is 27.4.